The second kappa shape index (κ2) is 7.24. The van der Waals surface area contributed by atoms with Gasteiger partial charge in [-0.05, 0) is 42.8 Å². The van der Waals surface area contributed by atoms with Crippen molar-refractivity contribution < 1.29 is 23.8 Å². The number of esters is 1. The lowest BCUT2D eigenvalue weighted by Gasteiger charge is -2.14. The summed E-state index contributed by atoms with van der Waals surface area (Å²) in [4.78, 5) is 28.7. The van der Waals surface area contributed by atoms with Crippen LogP contribution in [0.25, 0.3) is 10.2 Å². The van der Waals surface area contributed by atoms with Gasteiger partial charge in [-0.3, -0.25) is 4.79 Å². The van der Waals surface area contributed by atoms with Crippen LogP contribution in [0.2, 0.25) is 0 Å². The number of benzene rings is 2. The molecular weight excluding hydrogens is 368 g/mol. The fourth-order valence-electron chi connectivity index (χ4n) is 2.65. The number of hydrogen-bond donors (Lipinski definition) is 1. The lowest BCUT2D eigenvalue weighted by molar-refractivity contribution is -0.129. The Hall–Kier alpha value is -3.13. The Morgan fingerprint density at radius 2 is 2.07 bits per heavy atom. The minimum absolute atomic E-state index is 0.200. The van der Waals surface area contributed by atoms with E-state index >= 15 is 0 Å². The van der Waals surface area contributed by atoms with Crippen molar-refractivity contribution in [1.82, 2.24) is 10.3 Å². The molecule has 8 heteroatoms. The highest BCUT2D eigenvalue weighted by Crippen LogP contribution is 2.32. The van der Waals surface area contributed by atoms with Crippen LogP contribution in [-0.2, 0) is 16.1 Å². The molecule has 1 N–H and O–H groups in total. The number of aromatic nitrogens is 1. The van der Waals surface area contributed by atoms with Gasteiger partial charge >= 0.3 is 5.97 Å². The SMILES string of the molecule is C[C@H](OC(=O)c1ccc2ncsc2c1)C(=O)NCc1ccc2c(c1)OCO2. The number of amides is 1. The van der Waals surface area contributed by atoms with E-state index in [1.54, 1.807) is 29.8 Å². The molecule has 1 aromatic heterocycles. The summed E-state index contributed by atoms with van der Waals surface area (Å²) in [6.45, 7) is 2.04. The molecule has 138 valence electrons. The van der Waals surface area contributed by atoms with Crippen LogP contribution in [0.4, 0.5) is 0 Å². The van der Waals surface area contributed by atoms with Crippen LogP contribution in [-0.4, -0.2) is 29.8 Å². The molecule has 2 heterocycles. The van der Waals surface area contributed by atoms with Crippen molar-refractivity contribution in [2.45, 2.75) is 19.6 Å². The fourth-order valence-corrected chi connectivity index (χ4v) is 3.36. The van der Waals surface area contributed by atoms with Crippen LogP contribution in [0, 0.1) is 0 Å². The largest absolute Gasteiger partial charge is 0.454 e. The standard InChI is InChI=1S/C19H16N2O5S/c1-11(26-19(23)13-3-4-14-17(7-13)27-9-21-14)18(22)20-8-12-2-5-15-16(6-12)25-10-24-15/h2-7,9,11H,8,10H2,1H3,(H,20,22)/t11-/m0/s1. The number of ether oxygens (including phenoxy) is 3. The first-order valence-electron chi connectivity index (χ1n) is 8.30. The number of nitrogens with zero attached hydrogens (tertiary/aromatic N) is 1. The summed E-state index contributed by atoms with van der Waals surface area (Å²) < 4.78 is 16.7. The topological polar surface area (TPSA) is 86.8 Å². The Morgan fingerprint density at radius 1 is 1.22 bits per heavy atom. The third-order valence-corrected chi connectivity index (χ3v) is 4.92. The molecule has 1 aliphatic heterocycles. The molecule has 0 saturated heterocycles. The van der Waals surface area contributed by atoms with Crippen LogP contribution in [0.15, 0.2) is 41.9 Å². The van der Waals surface area contributed by atoms with Crippen LogP contribution < -0.4 is 14.8 Å². The van der Waals surface area contributed by atoms with Crippen LogP contribution in [0.3, 0.4) is 0 Å². The highest BCUT2D eigenvalue weighted by molar-refractivity contribution is 7.16. The lowest BCUT2D eigenvalue weighted by atomic mass is 10.2. The zero-order valence-corrected chi connectivity index (χ0v) is 15.2. The van der Waals surface area contributed by atoms with E-state index in [0.717, 1.165) is 15.8 Å². The van der Waals surface area contributed by atoms with Crippen molar-refractivity contribution in [1.29, 1.82) is 0 Å². The molecule has 27 heavy (non-hydrogen) atoms. The summed E-state index contributed by atoms with van der Waals surface area (Å²) in [6, 6.07) is 10.6. The van der Waals surface area contributed by atoms with Crippen molar-refractivity contribution in [2.75, 3.05) is 6.79 Å². The van der Waals surface area contributed by atoms with Gasteiger partial charge in [-0.25, -0.2) is 9.78 Å². The van der Waals surface area contributed by atoms with Crippen LogP contribution in [0.5, 0.6) is 11.5 Å². The maximum Gasteiger partial charge on any atom is 0.338 e. The molecule has 1 amide bonds. The summed E-state index contributed by atoms with van der Waals surface area (Å²) in [6.07, 6.45) is -0.913. The van der Waals surface area contributed by atoms with Gasteiger partial charge in [0.2, 0.25) is 6.79 Å². The minimum Gasteiger partial charge on any atom is -0.454 e. The van der Waals surface area contributed by atoms with Crippen LogP contribution in [0.1, 0.15) is 22.8 Å². The molecule has 0 unspecified atom stereocenters. The summed E-state index contributed by atoms with van der Waals surface area (Å²) >= 11 is 1.44. The van der Waals surface area contributed by atoms with Gasteiger partial charge in [0.15, 0.2) is 17.6 Å². The molecule has 0 bridgehead atoms. The minimum atomic E-state index is -0.913. The van der Waals surface area contributed by atoms with Gasteiger partial charge in [0.25, 0.3) is 5.91 Å². The number of rotatable bonds is 5. The summed E-state index contributed by atoms with van der Waals surface area (Å²) in [5, 5.41) is 2.75. The molecule has 0 radical (unpaired) electrons. The van der Waals surface area contributed by atoms with E-state index in [9.17, 15) is 9.59 Å². The van der Waals surface area contributed by atoms with Gasteiger partial charge < -0.3 is 19.5 Å². The predicted molar refractivity (Wildman–Crippen MR) is 98.9 cm³/mol. The second-order valence-electron chi connectivity index (χ2n) is 5.99. The monoisotopic (exact) mass is 384 g/mol. The molecule has 7 nitrogen and oxygen atoms in total. The van der Waals surface area contributed by atoms with E-state index in [1.807, 2.05) is 12.1 Å². The smallest absolute Gasteiger partial charge is 0.338 e. The van der Waals surface area contributed by atoms with E-state index in [0.29, 0.717) is 23.6 Å². The van der Waals surface area contributed by atoms with E-state index in [4.69, 9.17) is 14.2 Å². The van der Waals surface area contributed by atoms with E-state index < -0.39 is 12.1 Å². The van der Waals surface area contributed by atoms with Gasteiger partial charge in [-0.2, -0.15) is 0 Å². The highest BCUT2D eigenvalue weighted by Gasteiger charge is 2.20. The first-order valence-corrected chi connectivity index (χ1v) is 9.18. The zero-order valence-electron chi connectivity index (χ0n) is 14.4. The molecule has 0 spiro atoms. The van der Waals surface area contributed by atoms with Crippen molar-refractivity contribution in [2.24, 2.45) is 0 Å². The number of fused-ring (bicyclic) bond motifs is 2. The quantitative estimate of drug-likeness (QED) is 0.681. The second-order valence-corrected chi connectivity index (χ2v) is 6.87. The van der Waals surface area contributed by atoms with Gasteiger partial charge in [0, 0.05) is 6.54 Å². The molecule has 1 atom stereocenters. The zero-order chi connectivity index (χ0) is 18.8. The lowest BCUT2D eigenvalue weighted by Crippen LogP contribution is -2.35. The molecule has 0 fully saturated rings. The maximum absolute atomic E-state index is 12.3. The Balaban J connectivity index is 1.33. The molecule has 1 aliphatic rings. The number of hydrogen-bond acceptors (Lipinski definition) is 7. The summed E-state index contributed by atoms with van der Waals surface area (Å²) in [5.41, 5.74) is 3.79. The van der Waals surface area contributed by atoms with E-state index in [2.05, 4.69) is 10.3 Å². The number of nitrogens with one attached hydrogen (secondary N) is 1. The van der Waals surface area contributed by atoms with E-state index in [1.165, 1.54) is 18.3 Å². The first-order chi connectivity index (χ1) is 13.1. The molecule has 4 rings (SSSR count). The third kappa shape index (κ3) is 3.70. The Bertz CT molecular complexity index is 1020. The summed E-state index contributed by atoms with van der Waals surface area (Å²) in [7, 11) is 0. The first kappa shape index (κ1) is 17.3. The highest BCUT2D eigenvalue weighted by atomic mass is 32.1. The van der Waals surface area contributed by atoms with Crippen molar-refractivity contribution >= 4 is 33.4 Å². The number of carbonyl (C=O) groups excluding carboxylic acids is 2. The van der Waals surface area contributed by atoms with Gasteiger partial charge in [-0.15, -0.1) is 11.3 Å². The molecule has 3 aromatic rings. The summed E-state index contributed by atoms with van der Waals surface area (Å²) in [5.74, 6) is 0.417. The Labute approximate surface area is 158 Å². The number of carbonyl (C=O) groups is 2. The molecule has 0 aliphatic carbocycles. The van der Waals surface area contributed by atoms with Gasteiger partial charge in [-0.1, -0.05) is 6.07 Å². The Kier molecular flexibility index (Phi) is 4.64. The molecular formula is C19H16N2O5S. The average molecular weight is 384 g/mol. The number of thiazole rings is 1. The predicted octanol–water partition coefficient (Wildman–Crippen LogP) is 2.89. The van der Waals surface area contributed by atoms with Crippen LogP contribution >= 0.6 is 11.3 Å². The van der Waals surface area contributed by atoms with Crippen molar-refractivity contribution in [3.8, 4) is 11.5 Å². The van der Waals surface area contributed by atoms with Crippen molar-refractivity contribution in [3.63, 3.8) is 0 Å². The van der Waals surface area contributed by atoms with Gasteiger partial charge in [0.05, 0.1) is 21.3 Å². The normalized spacial score (nSPS) is 13.4. The molecule has 2 aromatic carbocycles. The maximum atomic E-state index is 12.3. The fraction of sp³-hybridized carbons (Fsp3) is 0.211. The van der Waals surface area contributed by atoms with Crippen molar-refractivity contribution in [3.05, 3.63) is 53.0 Å². The third-order valence-electron chi connectivity index (χ3n) is 4.12. The van der Waals surface area contributed by atoms with Gasteiger partial charge in [0.1, 0.15) is 0 Å². The molecule has 0 saturated carbocycles. The Morgan fingerprint density at radius 3 is 2.96 bits per heavy atom. The van der Waals surface area contributed by atoms with E-state index in [-0.39, 0.29) is 12.7 Å². The average Bonchev–Trinajstić information content (AvgIpc) is 3.33.